The van der Waals surface area contributed by atoms with Crippen molar-refractivity contribution in [1.29, 1.82) is 0 Å². The van der Waals surface area contributed by atoms with Crippen LogP contribution in [0.4, 0.5) is 0 Å². The SMILES string of the molecule is CNCCCCCNC(=O)c1ccccc1. The molecule has 3 nitrogen and oxygen atoms in total. The van der Waals surface area contributed by atoms with E-state index < -0.39 is 0 Å². The van der Waals surface area contributed by atoms with Gasteiger partial charge in [0.05, 0.1) is 0 Å². The Kier molecular flexibility index (Phi) is 6.26. The van der Waals surface area contributed by atoms with Gasteiger partial charge in [-0.05, 0) is 38.6 Å². The second-order valence-electron chi connectivity index (χ2n) is 3.79. The molecule has 0 unspecified atom stereocenters. The monoisotopic (exact) mass is 220 g/mol. The Morgan fingerprint density at radius 3 is 2.44 bits per heavy atom. The summed E-state index contributed by atoms with van der Waals surface area (Å²) in [6.07, 6.45) is 3.36. The van der Waals surface area contributed by atoms with Gasteiger partial charge >= 0.3 is 0 Å². The molecule has 0 aliphatic heterocycles. The zero-order valence-electron chi connectivity index (χ0n) is 9.83. The third-order valence-electron chi connectivity index (χ3n) is 2.43. The Labute approximate surface area is 97.2 Å². The average molecular weight is 220 g/mol. The highest BCUT2D eigenvalue weighted by Gasteiger charge is 2.02. The molecule has 16 heavy (non-hydrogen) atoms. The lowest BCUT2D eigenvalue weighted by Crippen LogP contribution is -2.24. The van der Waals surface area contributed by atoms with Gasteiger partial charge in [0.15, 0.2) is 0 Å². The molecule has 0 spiro atoms. The zero-order chi connectivity index (χ0) is 11.6. The molecule has 0 aliphatic rings. The highest BCUT2D eigenvalue weighted by atomic mass is 16.1. The molecule has 3 heteroatoms. The smallest absolute Gasteiger partial charge is 0.251 e. The third kappa shape index (κ3) is 4.94. The summed E-state index contributed by atoms with van der Waals surface area (Å²) in [4.78, 5) is 11.6. The van der Waals surface area contributed by atoms with Crippen LogP contribution in [0.25, 0.3) is 0 Å². The van der Waals surface area contributed by atoms with Gasteiger partial charge in [-0.3, -0.25) is 4.79 Å². The highest BCUT2D eigenvalue weighted by Crippen LogP contribution is 1.98. The zero-order valence-corrected chi connectivity index (χ0v) is 9.83. The van der Waals surface area contributed by atoms with Crippen LogP contribution < -0.4 is 10.6 Å². The minimum Gasteiger partial charge on any atom is -0.352 e. The number of amides is 1. The topological polar surface area (TPSA) is 41.1 Å². The van der Waals surface area contributed by atoms with Crippen molar-refractivity contribution in [2.24, 2.45) is 0 Å². The number of unbranched alkanes of at least 4 members (excludes halogenated alkanes) is 2. The fourth-order valence-corrected chi connectivity index (χ4v) is 1.50. The molecule has 1 aromatic carbocycles. The van der Waals surface area contributed by atoms with E-state index in [1.165, 1.54) is 0 Å². The van der Waals surface area contributed by atoms with Gasteiger partial charge < -0.3 is 10.6 Å². The molecule has 2 N–H and O–H groups in total. The Morgan fingerprint density at radius 1 is 1.06 bits per heavy atom. The maximum Gasteiger partial charge on any atom is 0.251 e. The van der Waals surface area contributed by atoms with E-state index in [0.29, 0.717) is 0 Å². The van der Waals surface area contributed by atoms with Gasteiger partial charge in [0.1, 0.15) is 0 Å². The molecule has 0 aliphatic carbocycles. The summed E-state index contributed by atoms with van der Waals surface area (Å²) >= 11 is 0. The molecule has 0 fully saturated rings. The van der Waals surface area contributed by atoms with Crippen LogP contribution in [0.15, 0.2) is 30.3 Å². The summed E-state index contributed by atoms with van der Waals surface area (Å²) in [5.74, 6) is 0.0224. The minimum absolute atomic E-state index is 0.0224. The summed E-state index contributed by atoms with van der Waals surface area (Å²) in [6, 6.07) is 9.32. The fraction of sp³-hybridized carbons (Fsp3) is 0.462. The third-order valence-corrected chi connectivity index (χ3v) is 2.43. The normalized spacial score (nSPS) is 10.1. The number of rotatable bonds is 7. The van der Waals surface area contributed by atoms with Crippen molar-refractivity contribution in [2.45, 2.75) is 19.3 Å². The molecule has 0 bridgehead atoms. The maximum absolute atomic E-state index is 11.6. The first-order chi connectivity index (χ1) is 7.84. The lowest BCUT2D eigenvalue weighted by Gasteiger charge is -2.04. The molecule has 0 heterocycles. The summed E-state index contributed by atoms with van der Waals surface area (Å²) in [7, 11) is 1.96. The van der Waals surface area contributed by atoms with Crippen LogP contribution in [-0.2, 0) is 0 Å². The number of nitrogens with one attached hydrogen (secondary N) is 2. The van der Waals surface area contributed by atoms with Crippen molar-refractivity contribution >= 4 is 5.91 Å². The van der Waals surface area contributed by atoms with E-state index in [0.717, 1.165) is 37.9 Å². The van der Waals surface area contributed by atoms with E-state index in [4.69, 9.17) is 0 Å². The summed E-state index contributed by atoms with van der Waals surface area (Å²) < 4.78 is 0. The predicted molar refractivity (Wildman–Crippen MR) is 66.6 cm³/mol. The standard InChI is InChI=1S/C13H20N2O/c1-14-10-6-3-7-11-15-13(16)12-8-4-2-5-9-12/h2,4-5,8-9,14H,3,6-7,10-11H2,1H3,(H,15,16). The van der Waals surface area contributed by atoms with Crippen LogP contribution >= 0.6 is 0 Å². The van der Waals surface area contributed by atoms with Crippen LogP contribution in [-0.4, -0.2) is 26.0 Å². The molecule has 88 valence electrons. The van der Waals surface area contributed by atoms with Crippen LogP contribution in [0.3, 0.4) is 0 Å². The van der Waals surface area contributed by atoms with Gasteiger partial charge in [-0.2, -0.15) is 0 Å². The minimum atomic E-state index is 0.0224. The first-order valence-corrected chi connectivity index (χ1v) is 5.82. The first-order valence-electron chi connectivity index (χ1n) is 5.82. The van der Waals surface area contributed by atoms with Gasteiger partial charge in [0, 0.05) is 12.1 Å². The first kappa shape index (κ1) is 12.7. The summed E-state index contributed by atoms with van der Waals surface area (Å²) in [6.45, 7) is 1.81. The number of hydrogen-bond donors (Lipinski definition) is 2. The molecule has 0 aromatic heterocycles. The van der Waals surface area contributed by atoms with Crippen molar-refractivity contribution in [3.05, 3.63) is 35.9 Å². The fourth-order valence-electron chi connectivity index (χ4n) is 1.50. The molecule has 0 radical (unpaired) electrons. The quantitative estimate of drug-likeness (QED) is 0.688. The van der Waals surface area contributed by atoms with Crippen LogP contribution in [0.2, 0.25) is 0 Å². The Hall–Kier alpha value is -1.35. The molecular formula is C13H20N2O. The molecule has 1 amide bonds. The van der Waals surface area contributed by atoms with Crippen molar-refractivity contribution in [3.8, 4) is 0 Å². The molecule has 1 aromatic rings. The summed E-state index contributed by atoms with van der Waals surface area (Å²) in [5, 5.41) is 6.02. The predicted octanol–water partition coefficient (Wildman–Crippen LogP) is 1.81. The van der Waals surface area contributed by atoms with Gasteiger partial charge in [-0.15, -0.1) is 0 Å². The van der Waals surface area contributed by atoms with Gasteiger partial charge in [-0.25, -0.2) is 0 Å². The van der Waals surface area contributed by atoms with E-state index in [9.17, 15) is 4.79 Å². The van der Waals surface area contributed by atoms with Crippen molar-refractivity contribution in [3.63, 3.8) is 0 Å². The van der Waals surface area contributed by atoms with E-state index in [-0.39, 0.29) is 5.91 Å². The van der Waals surface area contributed by atoms with E-state index in [1.54, 1.807) is 0 Å². The average Bonchev–Trinajstić information content (AvgIpc) is 2.34. The largest absolute Gasteiger partial charge is 0.352 e. The van der Waals surface area contributed by atoms with E-state index >= 15 is 0 Å². The Morgan fingerprint density at radius 2 is 1.75 bits per heavy atom. The highest BCUT2D eigenvalue weighted by molar-refractivity contribution is 5.94. The van der Waals surface area contributed by atoms with Gasteiger partial charge in [0.25, 0.3) is 5.91 Å². The van der Waals surface area contributed by atoms with E-state index in [2.05, 4.69) is 10.6 Å². The number of hydrogen-bond acceptors (Lipinski definition) is 2. The summed E-state index contributed by atoms with van der Waals surface area (Å²) in [5.41, 5.74) is 0.734. The van der Waals surface area contributed by atoms with Crippen LogP contribution in [0.5, 0.6) is 0 Å². The lowest BCUT2D eigenvalue weighted by molar-refractivity contribution is 0.0953. The van der Waals surface area contributed by atoms with Gasteiger partial charge in [0.2, 0.25) is 0 Å². The molecule has 1 rings (SSSR count). The lowest BCUT2D eigenvalue weighted by atomic mass is 10.2. The Bertz CT molecular complexity index is 298. The van der Waals surface area contributed by atoms with Crippen molar-refractivity contribution in [2.75, 3.05) is 20.1 Å². The van der Waals surface area contributed by atoms with Crippen molar-refractivity contribution < 1.29 is 4.79 Å². The molecule has 0 saturated carbocycles. The van der Waals surface area contributed by atoms with E-state index in [1.807, 2.05) is 37.4 Å². The molecular weight excluding hydrogens is 200 g/mol. The van der Waals surface area contributed by atoms with Crippen LogP contribution in [0.1, 0.15) is 29.6 Å². The molecule has 0 saturated heterocycles. The number of carbonyl (C=O) groups is 1. The second-order valence-corrected chi connectivity index (χ2v) is 3.79. The number of benzene rings is 1. The van der Waals surface area contributed by atoms with Gasteiger partial charge in [-0.1, -0.05) is 24.6 Å². The van der Waals surface area contributed by atoms with Crippen LogP contribution in [0, 0.1) is 0 Å². The van der Waals surface area contributed by atoms with Crippen molar-refractivity contribution in [1.82, 2.24) is 10.6 Å². The molecule has 0 atom stereocenters. The second kappa shape index (κ2) is 7.88. The Balaban J connectivity index is 2.12. The number of carbonyl (C=O) groups excluding carboxylic acids is 1. The maximum atomic E-state index is 11.6.